The van der Waals surface area contributed by atoms with Gasteiger partial charge in [0.2, 0.25) is 0 Å². The van der Waals surface area contributed by atoms with Gasteiger partial charge >= 0.3 is 6.03 Å². The Morgan fingerprint density at radius 2 is 1.96 bits per heavy atom. The first-order chi connectivity index (χ1) is 11.4. The van der Waals surface area contributed by atoms with E-state index < -0.39 is 11.6 Å². The highest BCUT2D eigenvalue weighted by Gasteiger charge is 2.49. The molecule has 0 aliphatic carbocycles. The van der Waals surface area contributed by atoms with Crippen LogP contribution in [0.5, 0.6) is 0 Å². The van der Waals surface area contributed by atoms with E-state index in [9.17, 15) is 9.59 Å². The number of benzene rings is 1. The van der Waals surface area contributed by atoms with Crippen molar-refractivity contribution in [3.63, 3.8) is 0 Å². The predicted octanol–water partition coefficient (Wildman–Crippen LogP) is 2.13. The number of imide groups is 1. The molecule has 1 unspecified atom stereocenters. The first-order valence-electron chi connectivity index (χ1n) is 7.43. The number of nitriles is 1. The summed E-state index contributed by atoms with van der Waals surface area (Å²) in [5, 5.41) is 15.5. The second kappa shape index (κ2) is 5.49. The lowest BCUT2D eigenvalue weighted by Gasteiger charge is -2.22. The Bertz CT molecular complexity index is 843. The van der Waals surface area contributed by atoms with Crippen molar-refractivity contribution in [3.05, 3.63) is 52.4 Å². The Kier molecular flexibility index (Phi) is 3.60. The van der Waals surface area contributed by atoms with E-state index in [0.29, 0.717) is 22.6 Å². The molecule has 24 heavy (non-hydrogen) atoms. The molecule has 1 fully saturated rings. The van der Waals surface area contributed by atoms with Gasteiger partial charge in [0.1, 0.15) is 11.3 Å². The molecule has 0 spiro atoms. The number of hydrogen-bond acceptors (Lipinski definition) is 5. The number of aryl methyl sites for hydroxylation is 2. The molecule has 1 aromatic heterocycles. The van der Waals surface area contributed by atoms with Gasteiger partial charge in [0.05, 0.1) is 23.9 Å². The number of carbonyl (C=O) groups is 2. The van der Waals surface area contributed by atoms with Crippen LogP contribution in [0.4, 0.5) is 4.79 Å². The van der Waals surface area contributed by atoms with Gasteiger partial charge in [-0.2, -0.15) is 5.26 Å². The topological polar surface area (TPSA) is 99.2 Å². The second-order valence-corrected chi connectivity index (χ2v) is 5.94. The minimum atomic E-state index is -1.16. The number of aromatic nitrogens is 1. The maximum Gasteiger partial charge on any atom is 0.325 e. The smallest absolute Gasteiger partial charge is 0.325 e. The summed E-state index contributed by atoms with van der Waals surface area (Å²) in [5.41, 5.74) is 1.33. The molecule has 122 valence electrons. The maximum atomic E-state index is 12.9. The lowest BCUT2D eigenvalue weighted by Crippen LogP contribution is -2.40. The van der Waals surface area contributed by atoms with Gasteiger partial charge in [-0.3, -0.25) is 9.69 Å². The molecule has 2 aromatic rings. The van der Waals surface area contributed by atoms with Gasteiger partial charge in [0, 0.05) is 5.56 Å². The maximum absolute atomic E-state index is 12.9. The molecule has 1 aliphatic rings. The van der Waals surface area contributed by atoms with E-state index in [1.165, 1.54) is 0 Å². The van der Waals surface area contributed by atoms with Gasteiger partial charge in [-0.25, -0.2) is 4.79 Å². The van der Waals surface area contributed by atoms with Crippen LogP contribution in [-0.4, -0.2) is 22.0 Å². The van der Waals surface area contributed by atoms with Crippen molar-refractivity contribution in [3.8, 4) is 6.07 Å². The van der Waals surface area contributed by atoms with E-state index in [1.807, 2.05) is 6.07 Å². The monoisotopic (exact) mass is 324 g/mol. The van der Waals surface area contributed by atoms with Crippen molar-refractivity contribution in [1.82, 2.24) is 15.4 Å². The van der Waals surface area contributed by atoms with Crippen molar-refractivity contribution in [2.75, 3.05) is 0 Å². The minimum Gasteiger partial charge on any atom is -0.361 e. The molecule has 0 bridgehead atoms. The third kappa shape index (κ3) is 2.33. The number of carbonyl (C=O) groups excluding carboxylic acids is 2. The summed E-state index contributed by atoms with van der Waals surface area (Å²) >= 11 is 0. The largest absolute Gasteiger partial charge is 0.361 e. The standard InChI is InChI=1S/C17H16N4O3/c1-10-14(11(2)24-20-10)9-21-15(22)17(3,19-16(21)23)13-6-4-12(8-18)5-7-13/h4-7H,9H2,1-3H3,(H,19,23). The zero-order valence-corrected chi connectivity index (χ0v) is 13.6. The molecule has 3 rings (SSSR count). The van der Waals surface area contributed by atoms with Crippen LogP contribution in [0, 0.1) is 25.2 Å². The van der Waals surface area contributed by atoms with E-state index in [4.69, 9.17) is 9.78 Å². The Balaban J connectivity index is 1.91. The van der Waals surface area contributed by atoms with Gasteiger partial charge in [-0.05, 0) is 38.5 Å². The van der Waals surface area contributed by atoms with Crippen LogP contribution >= 0.6 is 0 Å². The van der Waals surface area contributed by atoms with Crippen LogP contribution in [0.1, 0.15) is 35.1 Å². The summed E-state index contributed by atoms with van der Waals surface area (Å²) in [7, 11) is 0. The number of amides is 3. The fourth-order valence-electron chi connectivity index (χ4n) is 2.80. The van der Waals surface area contributed by atoms with E-state index in [2.05, 4.69) is 10.5 Å². The summed E-state index contributed by atoms with van der Waals surface area (Å²) < 4.78 is 5.09. The summed E-state index contributed by atoms with van der Waals surface area (Å²) in [6, 6.07) is 8.16. The number of hydrogen-bond donors (Lipinski definition) is 1. The molecule has 1 aromatic carbocycles. The third-order valence-corrected chi connectivity index (χ3v) is 4.36. The van der Waals surface area contributed by atoms with Crippen LogP contribution in [0.3, 0.4) is 0 Å². The summed E-state index contributed by atoms with van der Waals surface area (Å²) in [5.74, 6) is 0.234. The molecule has 1 aliphatic heterocycles. The van der Waals surface area contributed by atoms with Gasteiger partial charge in [-0.1, -0.05) is 17.3 Å². The molecule has 7 nitrogen and oxygen atoms in total. The van der Waals surface area contributed by atoms with Gasteiger partial charge < -0.3 is 9.84 Å². The van der Waals surface area contributed by atoms with Crippen LogP contribution in [0.15, 0.2) is 28.8 Å². The normalized spacial score (nSPS) is 20.2. The third-order valence-electron chi connectivity index (χ3n) is 4.36. The van der Waals surface area contributed by atoms with Gasteiger partial charge in [0.25, 0.3) is 5.91 Å². The fourth-order valence-corrected chi connectivity index (χ4v) is 2.80. The highest BCUT2D eigenvalue weighted by atomic mass is 16.5. The van der Waals surface area contributed by atoms with Gasteiger partial charge in [0.15, 0.2) is 0 Å². The first-order valence-corrected chi connectivity index (χ1v) is 7.43. The predicted molar refractivity (Wildman–Crippen MR) is 83.6 cm³/mol. The molecule has 3 amide bonds. The number of nitrogens with zero attached hydrogens (tertiary/aromatic N) is 3. The molecule has 0 radical (unpaired) electrons. The highest BCUT2D eigenvalue weighted by molar-refractivity contribution is 6.07. The van der Waals surface area contributed by atoms with Crippen molar-refractivity contribution < 1.29 is 14.1 Å². The quantitative estimate of drug-likeness (QED) is 0.872. The first kappa shape index (κ1) is 15.7. The summed E-state index contributed by atoms with van der Waals surface area (Å²) in [4.78, 5) is 26.4. The van der Waals surface area contributed by atoms with Gasteiger partial charge in [-0.15, -0.1) is 0 Å². The Morgan fingerprint density at radius 1 is 1.29 bits per heavy atom. The van der Waals surface area contributed by atoms with Crippen LogP contribution in [0.25, 0.3) is 0 Å². The lowest BCUT2D eigenvalue weighted by molar-refractivity contribution is -0.131. The SMILES string of the molecule is Cc1noc(C)c1CN1C(=O)NC(C)(c2ccc(C#N)cc2)C1=O. The molecule has 2 heterocycles. The molecular formula is C17H16N4O3. The zero-order valence-electron chi connectivity index (χ0n) is 13.6. The van der Waals surface area contributed by atoms with E-state index in [0.717, 1.165) is 10.5 Å². The molecular weight excluding hydrogens is 308 g/mol. The van der Waals surface area contributed by atoms with Crippen LogP contribution in [-0.2, 0) is 16.9 Å². The number of rotatable bonds is 3. The fraction of sp³-hybridized carbons (Fsp3) is 0.294. The summed E-state index contributed by atoms with van der Waals surface area (Å²) in [6.45, 7) is 5.28. The Labute approximate surface area is 138 Å². The molecule has 7 heteroatoms. The Hall–Kier alpha value is -3.14. The summed E-state index contributed by atoms with van der Waals surface area (Å²) in [6.07, 6.45) is 0. The van der Waals surface area contributed by atoms with Crippen molar-refractivity contribution in [2.24, 2.45) is 0 Å². The number of nitrogens with one attached hydrogen (secondary N) is 1. The van der Waals surface area contributed by atoms with E-state index in [1.54, 1.807) is 45.0 Å². The molecule has 0 saturated carbocycles. The van der Waals surface area contributed by atoms with Crippen molar-refractivity contribution in [2.45, 2.75) is 32.9 Å². The van der Waals surface area contributed by atoms with Crippen LogP contribution in [0.2, 0.25) is 0 Å². The average Bonchev–Trinajstić information content (AvgIpc) is 3.00. The van der Waals surface area contributed by atoms with E-state index >= 15 is 0 Å². The lowest BCUT2D eigenvalue weighted by atomic mass is 9.91. The number of urea groups is 1. The Morgan fingerprint density at radius 3 is 2.50 bits per heavy atom. The van der Waals surface area contributed by atoms with E-state index in [-0.39, 0.29) is 12.5 Å². The van der Waals surface area contributed by atoms with Crippen molar-refractivity contribution in [1.29, 1.82) is 5.26 Å². The minimum absolute atomic E-state index is 0.109. The zero-order chi connectivity index (χ0) is 17.5. The molecule has 1 atom stereocenters. The molecule has 1 N–H and O–H groups in total. The molecule has 1 saturated heterocycles. The highest BCUT2D eigenvalue weighted by Crippen LogP contribution is 2.30. The van der Waals surface area contributed by atoms with Crippen LogP contribution < -0.4 is 5.32 Å². The second-order valence-electron chi connectivity index (χ2n) is 5.94. The van der Waals surface area contributed by atoms with Crippen molar-refractivity contribution >= 4 is 11.9 Å². The average molecular weight is 324 g/mol.